The summed E-state index contributed by atoms with van der Waals surface area (Å²) in [4.78, 5) is 22.7. The molecule has 0 aromatic carbocycles. The Morgan fingerprint density at radius 1 is 1.30 bits per heavy atom. The molecule has 1 aliphatic carbocycles. The minimum absolute atomic E-state index is 0.0823. The third kappa shape index (κ3) is 4.54. The summed E-state index contributed by atoms with van der Waals surface area (Å²) in [5.74, 6) is -3.56. The Bertz CT molecular complexity index is 374. The number of aliphatic carboxylic acids is 1. The number of hydrogen-bond acceptors (Lipinski definition) is 2. The van der Waals surface area contributed by atoms with Crippen LogP contribution in [0.15, 0.2) is 12.7 Å². The van der Waals surface area contributed by atoms with Gasteiger partial charge in [-0.15, -0.1) is 6.58 Å². The molecule has 0 heterocycles. The van der Waals surface area contributed by atoms with Crippen LogP contribution in [0.4, 0.5) is 13.2 Å². The monoisotopic (exact) mass is 293 g/mol. The van der Waals surface area contributed by atoms with Crippen LogP contribution in [-0.2, 0) is 9.59 Å². The van der Waals surface area contributed by atoms with Crippen molar-refractivity contribution in [2.75, 3.05) is 0 Å². The van der Waals surface area contributed by atoms with Gasteiger partial charge in [0.1, 0.15) is 6.04 Å². The van der Waals surface area contributed by atoms with Crippen LogP contribution < -0.4 is 5.32 Å². The predicted molar refractivity (Wildman–Crippen MR) is 65.9 cm³/mol. The van der Waals surface area contributed by atoms with Crippen molar-refractivity contribution in [3.8, 4) is 0 Å². The van der Waals surface area contributed by atoms with E-state index < -0.39 is 35.9 Å². The normalized spacial score (nSPS) is 24.8. The number of carboxylic acids is 1. The minimum atomic E-state index is -4.21. The van der Waals surface area contributed by atoms with Gasteiger partial charge < -0.3 is 10.4 Å². The minimum Gasteiger partial charge on any atom is -0.480 e. The van der Waals surface area contributed by atoms with E-state index in [1.165, 1.54) is 6.08 Å². The molecule has 0 saturated heterocycles. The van der Waals surface area contributed by atoms with Crippen molar-refractivity contribution >= 4 is 11.9 Å². The van der Waals surface area contributed by atoms with Crippen molar-refractivity contribution in [2.24, 2.45) is 11.8 Å². The summed E-state index contributed by atoms with van der Waals surface area (Å²) in [6, 6.07) is -1.07. The molecule has 7 heteroatoms. The molecular formula is C13H18F3NO3. The van der Waals surface area contributed by atoms with Gasteiger partial charge in [0.05, 0.1) is 5.92 Å². The van der Waals surface area contributed by atoms with Crippen LogP contribution in [0.1, 0.15) is 32.1 Å². The summed E-state index contributed by atoms with van der Waals surface area (Å²) in [7, 11) is 0. The summed E-state index contributed by atoms with van der Waals surface area (Å²) in [5, 5.41) is 11.2. The van der Waals surface area contributed by atoms with Crippen molar-refractivity contribution in [2.45, 2.75) is 44.3 Å². The van der Waals surface area contributed by atoms with E-state index in [4.69, 9.17) is 5.11 Å². The Morgan fingerprint density at radius 3 is 2.25 bits per heavy atom. The maximum absolute atomic E-state index is 12.5. The van der Waals surface area contributed by atoms with Crippen molar-refractivity contribution in [3.63, 3.8) is 0 Å². The predicted octanol–water partition coefficient (Wildman–Crippen LogP) is 2.50. The third-order valence-electron chi connectivity index (χ3n) is 3.58. The maximum Gasteiger partial charge on any atom is 0.391 e. The molecule has 0 aromatic heterocycles. The third-order valence-corrected chi connectivity index (χ3v) is 3.58. The number of alkyl halides is 3. The van der Waals surface area contributed by atoms with Crippen LogP contribution in [0, 0.1) is 11.8 Å². The second-order valence-electron chi connectivity index (χ2n) is 5.01. The first-order valence-electron chi connectivity index (χ1n) is 6.46. The Hall–Kier alpha value is -1.53. The summed E-state index contributed by atoms with van der Waals surface area (Å²) in [5.41, 5.74) is 0. The number of carbonyl (C=O) groups excluding carboxylic acids is 1. The van der Waals surface area contributed by atoms with E-state index in [0.29, 0.717) is 0 Å². The highest BCUT2D eigenvalue weighted by molar-refractivity contribution is 5.85. The van der Waals surface area contributed by atoms with Crippen molar-refractivity contribution in [1.82, 2.24) is 5.32 Å². The van der Waals surface area contributed by atoms with E-state index in [9.17, 15) is 22.8 Å². The first kappa shape index (κ1) is 16.5. The smallest absolute Gasteiger partial charge is 0.391 e. The van der Waals surface area contributed by atoms with Crippen LogP contribution in [0.2, 0.25) is 0 Å². The lowest BCUT2D eigenvalue weighted by atomic mass is 9.81. The SMILES string of the molecule is C=CCC(NC(=O)C1CCC(C(F)(F)F)CC1)C(=O)O. The van der Waals surface area contributed by atoms with Gasteiger partial charge in [-0.25, -0.2) is 4.79 Å². The number of hydrogen-bond donors (Lipinski definition) is 2. The van der Waals surface area contributed by atoms with Crippen LogP contribution in [0.3, 0.4) is 0 Å². The second kappa shape index (κ2) is 6.76. The zero-order chi connectivity index (χ0) is 15.3. The largest absolute Gasteiger partial charge is 0.480 e. The Morgan fingerprint density at radius 2 is 1.85 bits per heavy atom. The van der Waals surface area contributed by atoms with Crippen molar-refractivity contribution in [1.29, 1.82) is 0 Å². The number of carboxylic acid groups (broad SMARTS) is 1. The van der Waals surface area contributed by atoms with Gasteiger partial charge in [-0.3, -0.25) is 4.79 Å². The van der Waals surface area contributed by atoms with Crippen molar-refractivity contribution in [3.05, 3.63) is 12.7 Å². The van der Waals surface area contributed by atoms with Crippen LogP contribution in [0.25, 0.3) is 0 Å². The highest BCUT2D eigenvalue weighted by Gasteiger charge is 2.42. The summed E-state index contributed by atoms with van der Waals surface area (Å²) in [6.45, 7) is 3.40. The fraction of sp³-hybridized carbons (Fsp3) is 0.692. The van der Waals surface area contributed by atoms with Gasteiger partial charge in [0.25, 0.3) is 0 Å². The van der Waals surface area contributed by atoms with E-state index in [1.807, 2.05) is 0 Å². The molecule has 0 spiro atoms. The van der Waals surface area contributed by atoms with Gasteiger partial charge >= 0.3 is 12.1 Å². The van der Waals surface area contributed by atoms with Gasteiger partial charge in [0, 0.05) is 5.92 Å². The molecule has 1 unspecified atom stereocenters. The topological polar surface area (TPSA) is 66.4 Å². The lowest BCUT2D eigenvalue weighted by Crippen LogP contribution is -2.44. The molecule has 1 rings (SSSR count). The average molecular weight is 293 g/mol. The number of nitrogens with one attached hydrogen (secondary N) is 1. The Balaban J connectivity index is 2.50. The first-order valence-corrected chi connectivity index (χ1v) is 6.46. The first-order chi connectivity index (χ1) is 9.25. The van der Waals surface area contributed by atoms with E-state index in [2.05, 4.69) is 11.9 Å². The van der Waals surface area contributed by atoms with Gasteiger partial charge in [0.2, 0.25) is 5.91 Å². The van der Waals surface area contributed by atoms with Gasteiger partial charge in [0.15, 0.2) is 0 Å². The van der Waals surface area contributed by atoms with E-state index in [0.717, 1.165) is 0 Å². The van der Waals surface area contributed by atoms with E-state index in [-0.39, 0.29) is 32.1 Å². The standard InChI is InChI=1S/C13H18F3NO3/c1-2-3-10(12(19)20)17-11(18)8-4-6-9(7-5-8)13(14,15)16/h2,8-10H,1,3-7H2,(H,17,18)(H,19,20). The molecule has 2 N–H and O–H groups in total. The fourth-order valence-corrected chi connectivity index (χ4v) is 2.36. The number of carbonyl (C=O) groups is 2. The highest BCUT2D eigenvalue weighted by Crippen LogP contribution is 2.39. The lowest BCUT2D eigenvalue weighted by molar-refractivity contribution is -0.184. The molecule has 0 aliphatic heterocycles. The molecule has 0 bridgehead atoms. The second-order valence-corrected chi connectivity index (χ2v) is 5.01. The van der Waals surface area contributed by atoms with Gasteiger partial charge in [-0.05, 0) is 32.1 Å². The molecule has 1 aliphatic rings. The molecule has 114 valence electrons. The van der Waals surface area contributed by atoms with Crippen LogP contribution in [0.5, 0.6) is 0 Å². The molecule has 1 atom stereocenters. The fourth-order valence-electron chi connectivity index (χ4n) is 2.36. The van der Waals surface area contributed by atoms with Crippen LogP contribution in [-0.4, -0.2) is 29.2 Å². The zero-order valence-corrected chi connectivity index (χ0v) is 10.9. The lowest BCUT2D eigenvalue weighted by Gasteiger charge is -2.29. The molecule has 1 saturated carbocycles. The Labute approximate surface area is 115 Å². The molecule has 1 amide bonds. The molecule has 0 radical (unpaired) electrons. The molecule has 20 heavy (non-hydrogen) atoms. The molecule has 1 fully saturated rings. The van der Waals surface area contributed by atoms with Crippen LogP contribution >= 0.6 is 0 Å². The quantitative estimate of drug-likeness (QED) is 0.765. The number of amides is 1. The van der Waals surface area contributed by atoms with Crippen molar-refractivity contribution < 1.29 is 27.9 Å². The molecular weight excluding hydrogens is 275 g/mol. The van der Waals surface area contributed by atoms with Gasteiger partial charge in [-0.1, -0.05) is 6.08 Å². The highest BCUT2D eigenvalue weighted by atomic mass is 19.4. The summed E-state index contributed by atoms with van der Waals surface area (Å²) >= 11 is 0. The Kier molecular flexibility index (Phi) is 5.59. The number of halogens is 3. The molecule has 4 nitrogen and oxygen atoms in total. The maximum atomic E-state index is 12.5. The average Bonchev–Trinajstić information content (AvgIpc) is 2.37. The molecule has 0 aromatic rings. The zero-order valence-electron chi connectivity index (χ0n) is 10.9. The summed E-state index contributed by atoms with van der Waals surface area (Å²) < 4.78 is 37.5. The van der Waals surface area contributed by atoms with E-state index in [1.54, 1.807) is 0 Å². The summed E-state index contributed by atoms with van der Waals surface area (Å²) in [6.07, 6.45) is -2.65. The van der Waals surface area contributed by atoms with E-state index >= 15 is 0 Å². The van der Waals surface area contributed by atoms with Gasteiger partial charge in [-0.2, -0.15) is 13.2 Å². The number of rotatable bonds is 5.